The number of ether oxygens (including phenoxy) is 1. The van der Waals surface area contributed by atoms with Crippen molar-refractivity contribution in [2.75, 3.05) is 7.11 Å². The molecule has 0 saturated heterocycles. The first kappa shape index (κ1) is 39.5. The Morgan fingerprint density at radius 2 is 1.10 bits per heavy atom. The summed E-state index contributed by atoms with van der Waals surface area (Å²) in [4.78, 5) is 4.22. The van der Waals surface area contributed by atoms with E-state index in [-0.39, 0.29) is 17.4 Å². The van der Waals surface area contributed by atoms with Gasteiger partial charge < -0.3 is 26.4 Å². The van der Waals surface area contributed by atoms with E-state index in [0.29, 0.717) is 18.9 Å². The van der Waals surface area contributed by atoms with Crippen LogP contribution in [0.1, 0.15) is 27.8 Å². The lowest BCUT2D eigenvalue weighted by atomic mass is 10.2. The Bertz CT molecular complexity index is 1850. The van der Waals surface area contributed by atoms with Crippen LogP contribution in [0.15, 0.2) is 163 Å². The quantitative estimate of drug-likeness (QED) is 0.0636. The molecule has 0 aromatic heterocycles. The van der Waals surface area contributed by atoms with Crippen LogP contribution in [0.4, 0.5) is 0 Å². The molecule has 0 aliphatic rings. The molecule has 0 bridgehead atoms. The third-order valence-electron chi connectivity index (χ3n) is 6.48. The van der Waals surface area contributed by atoms with Crippen molar-refractivity contribution in [2.24, 2.45) is 16.5 Å². The van der Waals surface area contributed by atoms with Gasteiger partial charge in [-0.2, -0.15) is 5.26 Å². The van der Waals surface area contributed by atoms with Crippen LogP contribution in [0.2, 0.25) is 0 Å². The van der Waals surface area contributed by atoms with E-state index < -0.39 is 0 Å². The zero-order valence-electron chi connectivity index (χ0n) is 28.0. The maximum atomic E-state index is 9.60. The Kier molecular flexibility index (Phi) is 19.3. The van der Waals surface area contributed by atoms with Crippen molar-refractivity contribution in [2.45, 2.75) is 13.1 Å². The molecule has 7 N–H and O–H groups in total. The molecular formula is C42H43N5O3. The van der Waals surface area contributed by atoms with Crippen molar-refractivity contribution >= 4 is 30.0 Å². The van der Waals surface area contributed by atoms with Gasteiger partial charge in [-0.3, -0.25) is 10.4 Å². The van der Waals surface area contributed by atoms with Gasteiger partial charge in [-0.05, 0) is 47.1 Å². The van der Waals surface area contributed by atoms with Gasteiger partial charge in [-0.15, -0.1) is 0 Å². The minimum Gasteiger partial charge on any atom is -0.508 e. The van der Waals surface area contributed by atoms with Crippen molar-refractivity contribution in [3.8, 4) is 17.6 Å². The second-order valence-electron chi connectivity index (χ2n) is 10.1. The van der Waals surface area contributed by atoms with Gasteiger partial charge in [0.2, 0.25) is 5.90 Å². The largest absolute Gasteiger partial charge is 0.508 e. The van der Waals surface area contributed by atoms with E-state index in [9.17, 15) is 5.11 Å². The number of phenols is 2. The van der Waals surface area contributed by atoms with E-state index in [1.54, 1.807) is 48.6 Å². The highest BCUT2D eigenvalue weighted by Gasteiger charge is 1.97. The number of benzene rings is 5. The average molecular weight is 666 g/mol. The molecule has 0 heterocycles. The highest BCUT2D eigenvalue weighted by Crippen LogP contribution is 2.16. The molecule has 0 aliphatic heterocycles. The molecule has 254 valence electrons. The van der Waals surface area contributed by atoms with Gasteiger partial charge in [0.25, 0.3) is 0 Å². The molecule has 0 aliphatic carbocycles. The fraction of sp³-hybridized carbons (Fsp3) is 0.0714. The Morgan fingerprint density at radius 3 is 1.52 bits per heavy atom. The van der Waals surface area contributed by atoms with Crippen LogP contribution < -0.4 is 11.5 Å². The molecule has 0 saturated carbocycles. The Hall–Kier alpha value is -6.69. The Balaban J connectivity index is 0.000000243. The number of allylic oxidation sites excluding steroid dienone is 1. The number of phenolic OH excluding ortho intramolecular Hbond substituents is 2. The number of para-hydroxylation sites is 2. The van der Waals surface area contributed by atoms with E-state index in [2.05, 4.69) is 9.73 Å². The molecule has 8 nitrogen and oxygen atoms in total. The van der Waals surface area contributed by atoms with Crippen LogP contribution in [0.3, 0.4) is 0 Å². The number of nitrogens with two attached hydrogens (primary N) is 2. The maximum Gasteiger partial charge on any atom is 0.205 e. The molecular weight excluding hydrogens is 622 g/mol. The number of hydrogen-bond donors (Lipinski definition) is 5. The summed E-state index contributed by atoms with van der Waals surface area (Å²) in [6.07, 6.45) is 10.4. The Labute approximate surface area is 294 Å². The highest BCUT2D eigenvalue weighted by atomic mass is 16.5. The smallest absolute Gasteiger partial charge is 0.205 e. The van der Waals surface area contributed by atoms with E-state index >= 15 is 0 Å². The topological polar surface area (TPSA) is 162 Å². The van der Waals surface area contributed by atoms with E-state index in [4.69, 9.17) is 27.2 Å². The molecule has 0 atom stereocenters. The van der Waals surface area contributed by atoms with Crippen molar-refractivity contribution in [3.05, 3.63) is 186 Å². The van der Waals surface area contributed by atoms with Gasteiger partial charge in [0.05, 0.1) is 19.7 Å². The van der Waals surface area contributed by atoms with Crippen LogP contribution in [0, 0.1) is 16.7 Å². The second kappa shape index (κ2) is 24.5. The molecule has 0 unspecified atom stereocenters. The minimum atomic E-state index is 0.166. The minimum absolute atomic E-state index is 0.166. The first-order valence-corrected chi connectivity index (χ1v) is 15.6. The fourth-order valence-corrected chi connectivity index (χ4v) is 3.80. The lowest BCUT2D eigenvalue weighted by Gasteiger charge is -2.00. The average Bonchev–Trinajstić information content (AvgIpc) is 3.17. The van der Waals surface area contributed by atoms with Crippen molar-refractivity contribution in [3.63, 3.8) is 0 Å². The van der Waals surface area contributed by atoms with Crippen molar-refractivity contribution in [1.82, 2.24) is 0 Å². The van der Waals surface area contributed by atoms with Gasteiger partial charge in [-0.1, -0.05) is 133 Å². The second-order valence-corrected chi connectivity index (χ2v) is 10.1. The molecule has 0 spiro atoms. The number of rotatable bonds is 8. The number of amidine groups is 1. The van der Waals surface area contributed by atoms with E-state index in [1.165, 1.54) is 13.2 Å². The van der Waals surface area contributed by atoms with Crippen molar-refractivity contribution < 1.29 is 14.9 Å². The molecule has 5 aromatic carbocycles. The predicted octanol–water partition coefficient (Wildman–Crippen LogP) is 8.36. The maximum absolute atomic E-state index is 9.60. The van der Waals surface area contributed by atoms with Crippen molar-refractivity contribution in [1.29, 1.82) is 10.7 Å². The summed E-state index contributed by atoms with van der Waals surface area (Å²) in [5.74, 6) is 1.12. The summed E-state index contributed by atoms with van der Waals surface area (Å²) in [5.41, 5.74) is 15.8. The molecule has 50 heavy (non-hydrogen) atoms. The summed E-state index contributed by atoms with van der Waals surface area (Å²) in [6, 6.07) is 45.5. The monoisotopic (exact) mass is 665 g/mol. The van der Waals surface area contributed by atoms with Crippen LogP contribution in [0.5, 0.6) is 11.5 Å². The SMILES string of the molecule is COC(=N)/C=C/c1ccccc1.N#C/C=C/c1ccccc1.NC(/C=C/c1ccccc1)=NCc1ccccc1O.NCc1ccccc1O. The summed E-state index contributed by atoms with van der Waals surface area (Å²) in [6.45, 7) is 0.768. The zero-order chi connectivity index (χ0) is 36.2. The van der Waals surface area contributed by atoms with Crippen LogP contribution in [-0.2, 0) is 17.8 Å². The third-order valence-corrected chi connectivity index (χ3v) is 6.48. The predicted molar refractivity (Wildman–Crippen MR) is 206 cm³/mol. The van der Waals surface area contributed by atoms with E-state index in [1.807, 2.05) is 127 Å². The molecule has 8 heteroatoms. The lowest BCUT2D eigenvalue weighted by molar-refractivity contribution is 0.403. The number of hydrogen-bond acceptors (Lipinski definition) is 7. The van der Waals surface area contributed by atoms with Crippen LogP contribution >= 0.6 is 0 Å². The molecule has 0 amide bonds. The van der Waals surface area contributed by atoms with Gasteiger partial charge in [-0.25, -0.2) is 0 Å². The van der Waals surface area contributed by atoms with Crippen LogP contribution in [0.25, 0.3) is 18.2 Å². The number of aromatic hydroxyl groups is 2. The molecule has 5 rings (SSSR count). The summed E-state index contributed by atoms with van der Waals surface area (Å²) >= 11 is 0. The number of nitrogens with one attached hydrogen (secondary N) is 1. The van der Waals surface area contributed by atoms with Gasteiger partial charge in [0, 0.05) is 29.8 Å². The summed E-state index contributed by atoms with van der Waals surface area (Å²) in [5, 5.41) is 34.0. The first-order chi connectivity index (χ1) is 24.4. The third kappa shape index (κ3) is 17.3. The van der Waals surface area contributed by atoms with Crippen LogP contribution in [-0.4, -0.2) is 29.1 Å². The number of nitrogens with zero attached hydrogens (tertiary/aromatic N) is 2. The molecule has 0 fully saturated rings. The molecule has 0 radical (unpaired) electrons. The van der Waals surface area contributed by atoms with Gasteiger partial charge in [0.1, 0.15) is 17.3 Å². The summed E-state index contributed by atoms with van der Waals surface area (Å²) in [7, 11) is 1.48. The number of nitriles is 1. The zero-order valence-corrected chi connectivity index (χ0v) is 28.0. The standard InChI is InChI=1S/C16H16N2O.C10H11NO.C9H7N.C7H9NO/c17-16(11-10-13-6-2-1-3-7-13)18-12-14-8-4-5-9-15(14)19;1-12-10(11)8-7-9-5-3-2-4-6-9;10-8-4-7-9-5-2-1-3-6-9;8-5-6-3-1-2-4-7(6)9/h1-11,19H,12H2,(H2,17,18);2-8,11H,1H3;1-7H;1-4,9H,5,8H2/b11-10+;8-7+,11-10?;7-4+;. The number of aliphatic imine (C=N–C) groups is 1. The first-order valence-electron chi connectivity index (χ1n) is 15.6. The summed E-state index contributed by atoms with van der Waals surface area (Å²) < 4.78 is 4.67. The fourth-order valence-electron chi connectivity index (χ4n) is 3.80. The highest BCUT2D eigenvalue weighted by molar-refractivity contribution is 5.95. The van der Waals surface area contributed by atoms with Gasteiger partial charge >= 0.3 is 0 Å². The Morgan fingerprint density at radius 1 is 0.680 bits per heavy atom. The number of methoxy groups -OCH3 is 1. The molecule has 5 aromatic rings. The normalized spacial score (nSPS) is 10.5. The van der Waals surface area contributed by atoms with Gasteiger partial charge in [0.15, 0.2) is 0 Å². The lowest BCUT2D eigenvalue weighted by Crippen LogP contribution is -2.07. The van der Waals surface area contributed by atoms with E-state index in [0.717, 1.165) is 27.8 Å².